The molecule has 4 aromatic rings. The molecule has 3 heterocycles. The van der Waals surface area contributed by atoms with Gasteiger partial charge in [0, 0.05) is 17.6 Å². The standard InChI is InChI=1S/C18H15N3O4S3/c1-25-15-6-3-2-5-14(15)21(28(23,24)17-7-4-9-26-17)12-13-11-16(22)20-8-10-27-18(20)19-13/h2-11H,12H2,1H3. The van der Waals surface area contributed by atoms with Crippen molar-refractivity contribution in [3.05, 3.63) is 75.5 Å². The molecule has 0 saturated heterocycles. The molecule has 0 aliphatic rings. The highest BCUT2D eigenvalue weighted by Gasteiger charge is 2.29. The molecule has 0 radical (unpaired) electrons. The van der Waals surface area contributed by atoms with Crippen LogP contribution in [-0.2, 0) is 16.6 Å². The zero-order chi connectivity index (χ0) is 19.7. The van der Waals surface area contributed by atoms with Gasteiger partial charge in [0.15, 0.2) is 4.96 Å². The molecule has 0 unspecified atom stereocenters. The predicted octanol–water partition coefficient (Wildman–Crippen LogP) is 3.22. The molecule has 0 fully saturated rings. The van der Waals surface area contributed by atoms with E-state index in [1.165, 1.54) is 33.2 Å². The second-order valence-corrected chi connectivity index (χ2v) is 9.67. The van der Waals surface area contributed by atoms with E-state index in [1.807, 2.05) is 0 Å². The van der Waals surface area contributed by atoms with E-state index in [2.05, 4.69) is 4.98 Å². The molecule has 0 saturated carbocycles. The number of rotatable bonds is 6. The van der Waals surface area contributed by atoms with Gasteiger partial charge in [0.1, 0.15) is 9.96 Å². The summed E-state index contributed by atoms with van der Waals surface area (Å²) in [7, 11) is -2.38. The van der Waals surface area contributed by atoms with Gasteiger partial charge < -0.3 is 4.74 Å². The van der Waals surface area contributed by atoms with E-state index >= 15 is 0 Å². The lowest BCUT2D eigenvalue weighted by Crippen LogP contribution is -2.31. The van der Waals surface area contributed by atoms with Crippen molar-refractivity contribution in [1.82, 2.24) is 9.38 Å². The number of aromatic nitrogens is 2. The van der Waals surface area contributed by atoms with Crippen LogP contribution < -0.4 is 14.6 Å². The maximum absolute atomic E-state index is 13.3. The van der Waals surface area contributed by atoms with Gasteiger partial charge in [-0.3, -0.25) is 13.5 Å². The molecule has 3 aromatic heterocycles. The molecule has 1 aromatic carbocycles. The first kappa shape index (κ1) is 18.7. The van der Waals surface area contributed by atoms with Crippen LogP contribution in [0.2, 0.25) is 0 Å². The number of ether oxygens (including phenoxy) is 1. The number of benzene rings is 1. The molecule has 4 rings (SSSR count). The first-order chi connectivity index (χ1) is 13.5. The van der Waals surface area contributed by atoms with E-state index in [0.717, 1.165) is 11.3 Å². The van der Waals surface area contributed by atoms with Crippen molar-refractivity contribution in [3.63, 3.8) is 0 Å². The van der Waals surface area contributed by atoms with Gasteiger partial charge in [-0.2, -0.15) is 0 Å². The number of thiazole rings is 1. The molecule has 0 spiro atoms. The summed E-state index contributed by atoms with van der Waals surface area (Å²) in [6.07, 6.45) is 1.64. The van der Waals surface area contributed by atoms with Crippen LogP contribution in [0.1, 0.15) is 5.69 Å². The van der Waals surface area contributed by atoms with E-state index in [0.29, 0.717) is 22.1 Å². The Hall–Kier alpha value is -2.69. The summed E-state index contributed by atoms with van der Waals surface area (Å²) in [6, 6.07) is 11.4. The normalized spacial score (nSPS) is 11.6. The number of thiophene rings is 1. The monoisotopic (exact) mass is 433 g/mol. The number of nitrogens with zero attached hydrogens (tertiary/aromatic N) is 3. The SMILES string of the molecule is COc1ccccc1N(Cc1cc(=O)n2ccsc2n1)S(=O)(=O)c1cccs1. The molecule has 7 nitrogen and oxygen atoms in total. The smallest absolute Gasteiger partial charge is 0.274 e. The third kappa shape index (κ3) is 3.30. The van der Waals surface area contributed by atoms with Crippen molar-refractivity contribution in [2.45, 2.75) is 10.8 Å². The molecular weight excluding hydrogens is 418 g/mol. The Morgan fingerprint density at radius 3 is 2.71 bits per heavy atom. The zero-order valence-corrected chi connectivity index (χ0v) is 17.1. The summed E-state index contributed by atoms with van der Waals surface area (Å²) in [5, 5.41) is 3.46. The van der Waals surface area contributed by atoms with Gasteiger partial charge in [-0.1, -0.05) is 18.2 Å². The van der Waals surface area contributed by atoms with E-state index in [1.54, 1.807) is 53.4 Å². The van der Waals surface area contributed by atoms with Crippen molar-refractivity contribution in [3.8, 4) is 5.75 Å². The van der Waals surface area contributed by atoms with Crippen LogP contribution in [0.3, 0.4) is 0 Å². The Morgan fingerprint density at radius 2 is 1.96 bits per heavy atom. The summed E-state index contributed by atoms with van der Waals surface area (Å²) in [4.78, 5) is 17.3. The van der Waals surface area contributed by atoms with E-state index < -0.39 is 10.0 Å². The van der Waals surface area contributed by atoms with Crippen molar-refractivity contribution in [2.75, 3.05) is 11.4 Å². The van der Waals surface area contributed by atoms with Crippen molar-refractivity contribution < 1.29 is 13.2 Å². The summed E-state index contributed by atoms with van der Waals surface area (Å²) < 4.78 is 34.9. The zero-order valence-electron chi connectivity index (χ0n) is 14.7. The van der Waals surface area contributed by atoms with Gasteiger partial charge in [-0.25, -0.2) is 13.4 Å². The largest absolute Gasteiger partial charge is 0.495 e. The molecule has 0 aliphatic carbocycles. The highest BCUT2D eigenvalue weighted by molar-refractivity contribution is 7.94. The number of anilines is 1. The van der Waals surface area contributed by atoms with Gasteiger partial charge in [0.05, 0.1) is 25.0 Å². The Bertz CT molecular complexity index is 1280. The third-order valence-electron chi connectivity index (χ3n) is 4.06. The number of hydrogen-bond acceptors (Lipinski definition) is 7. The van der Waals surface area contributed by atoms with Gasteiger partial charge in [-0.15, -0.1) is 22.7 Å². The average Bonchev–Trinajstić information content (AvgIpc) is 3.38. The second kappa shape index (κ2) is 7.38. The Morgan fingerprint density at radius 1 is 1.14 bits per heavy atom. The molecule has 0 amide bonds. The minimum atomic E-state index is -3.87. The van der Waals surface area contributed by atoms with Crippen molar-refractivity contribution in [1.29, 1.82) is 0 Å². The van der Waals surface area contributed by atoms with E-state index in [9.17, 15) is 13.2 Å². The fourth-order valence-corrected chi connectivity index (χ4v) is 6.06. The van der Waals surface area contributed by atoms with Gasteiger partial charge >= 0.3 is 0 Å². The maximum Gasteiger partial charge on any atom is 0.274 e. The van der Waals surface area contributed by atoms with Crippen LogP contribution in [0, 0.1) is 0 Å². The molecule has 0 bridgehead atoms. The predicted molar refractivity (Wildman–Crippen MR) is 110 cm³/mol. The lowest BCUT2D eigenvalue weighted by Gasteiger charge is -2.25. The number of sulfonamides is 1. The number of hydrogen-bond donors (Lipinski definition) is 0. The van der Waals surface area contributed by atoms with Crippen LogP contribution in [0.5, 0.6) is 5.75 Å². The van der Waals surface area contributed by atoms with Crippen LogP contribution in [0.25, 0.3) is 4.96 Å². The highest BCUT2D eigenvalue weighted by atomic mass is 32.2. The molecule has 0 aliphatic heterocycles. The minimum Gasteiger partial charge on any atom is -0.495 e. The topological polar surface area (TPSA) is 81.0 Å². The lowest BCUT2D eigenvalue weighted by atomic mass is 10.3. The summed E-state index contributed by atoms with van der Waals surface area (Å²) in [6.45, 7) is -0.0930. The van der Waals surface area contributed by atoms with Crippen molar-refractivity contribution >= 4 is 43.3 Å². The van der Waals surface area contributed by atoms with Crippen LogP contribution in [0.15, 0.2) is 68.4 Å². The van der Waals surface area contributed by atoms with Crippen molar-refractivity contribution in [2.24, 2.45) is 0 Å². The van der Waals surface area contributed by atoms with Crippen LogP contribution in [-0.4, -0.2) is 24.9 Å². The van der Waals surface area contributed by atoms with Gasteiger partial charge in [-0.05, 0) is 23.6 Å². The number of fused-ring (bicyclic) bond motifs is 1. The summed E-state index contributed by atoms with van der Waals surface area (Å²) >= 11 is 2.44. The second-order valence-electron chi connectivity index (χ2n) is 5.76. The summed E-state index contributed by atoms with van der Waals surface area (Å²) in [5.74, 6) is 0.413. The summed E-state index contributed by atoms with van der Waals surface area (Å²) in [5.41, 5.74) is 0.486. The first-order valence-corrected chi connectivity index (χ1v) is 11.4. The Balaban J connectivity index is 1.86. The number of para-hydroxylation sites is 2. The maximum atomic E-state index is 13.3. The Labute approximate surface area is 169 Å². The fourth-order valence-electron chi connectivity index (χ4n) is 2.77. The van der Waals surface area contributed by atoms with Gasteiger partial charge in [0.2, 0.25) is 0 Å². The molecule has 144 valence electrons. The average molecular weight is 434 g/mol. The molecule has 0 N–H and O–H groups in total. The lowest BCUT2D eigenvalue weighted by molar-refractivity contribution is 0.415. The highest BCUT2D eigenvalue weighted by Crippen LogP contribution is 2.34. The number of methoxy groups -OCH3 is 1. The molecule has 10 heteroatoms. The fraction of sp³-hybridized carbons (Fsp3) is 0.111. The van der Waals surface area contributed by atoms with E-state index in [4.69, 9.17) is 4.74 Å². The van der Waals surface area contributed by atoms with E-state index in [-0.39, 0.29) is 16.3 Å². The molecule has 0 atom stereocenters. The Kier molecular flexibility index (Phi) is 4.92. The molecular formula is C18H15N3O4S3. The van der Waals surface area contributed by atoms with Crippen LogP contribution >= 0.6 is 22.7 Å². The van der Waals surface area contributed by atoms with Gasteiger partial charge in [0.25, 0.3) is 15.6 Å². The molecule has 28 heavy (non-hydrogen) atoms. The first-order valence-electron chi connectivity index (χ1n) is 8.16. The third-order valence-corrected chi connectivity index (χ3v) is 7.94. The van der Waals surface area contributed by atoms with Crippen LogP contribution in [0.4, 0.5) is 5.69 Å². The quantitative estimate of drug-likeness (QED) is 0.466. The minimum absolute atomic E-state index is 0.0930.